The molecule has 0 spiro atoms. The largest absolute Gasteiger partial charge is 0.449 e. The number of carbonyl (C=O) groups is 2. The first-order chi connectivity index (χ1) is 11.8. The van der Waals surface area contributed by atoms with Gasteiger partial charge < -0.3 is 15.8 Å². The van der Waals surface area contributed by atoms with E-state index < -0.39 is 22.9 Å². The molecule has 0 saturated carbocycles. The lowest BCUT2D eigenvalue weighted by molar-refractivity contribution is -0.384. The van der Waals surface area contributed by atoms with E-state index in [1.165, 1.54) is 25.3 Å². The Hall–Kier alpha value is -3.20. The Morgan fingerprint density at radius 2 is 2.12 bits per heavy atom. The van der Waals surface area contributed by atoms with Gasteiger partial charge in [0.15, 0.2) is 11.3 Å². The zero-order chi connectivity index (χ0) is 18.6. The highest BCUT2D eigenvalue weighted by molar-refractivity contribution is 6.32. The van der Waals surface area contributed by atoms with Crippen molar-refractivity contribution >= 4 is 40.5 Å². The lowest BCUT2D eigenvalue weighted by atomic mass is 10.1. The first-order valence-electron chi connectivity index (χ1n) is 6.96. The number of non-ortho nitro benzene ring substituents is 1. The summed E-state index contributed by atoms with van der Waals surface area (Å²) in [7, 11) is 0. The normalized spacial score (nSPS) is 11.4. The molecule has 0 aliphatic heterocycles. The molecule has 9 nitrogen and oxygen atoms in total. The second kappa shape index (κ2) is 7.58. The number of aromatic nitrogens is 1. The molecule has 1 aromatic carbocycles. The Morgan fingerprint density at radius 3 is 2.72 bits per heavy atom. The highest BCUT2D eigenvalue weighted by Crippen LogP contribution is 2.21. The number of nitrogen functional groups attached to an aromatic ring is 1. The summed E-state index contributed by atoms with van der Waals surface area (Å²) in [6.07, 6.45) is 0.303. The molecule has 1 aromatic heterocycles. The molecule has 0 aliphatic carbocycles. The van der Waals surface area contributed by atoms with E-state index in [9.17, 15) is 19.7 Å². The van der Waals surface area contributed by atoms with Gasteiger partial charge >= 0.3 is 5.97 Å². The number of nitrogens with zero attached hydrogens (tertiary/aromatic N) is 2. The summed E-state index contributed by atoms with van der Waals surface area (Å²) in [6.45, 7) is 1.36. The number of anilines is 2. The van der Waals surface area contributed by atoms with Crippen molar-refractivity contribution in [2.24, 2.45) is 0 Å². The molecule has 0 fully saturated rings. The van der Waals surface area contributed by atoms with Gasteiger partial charge in [0.2, 0.25) is 0 Å². The monoisotopic (exact) mass is 364 g/mol. The fourth-order valence-corrected chi connectivity index (χ4v) is 2.01. The minimum atomic E-state index is -1.15. The summed E-state index contributed by atoms with van der Waals surface area (Å²) >= 11 is 5.83. The van der Waals surface area contributed by atoms with Crippen LogP contribution in [0.3, 0.4) is 0 Å². The molecule has 0 saturated heterocycles. The van der Waals surface area contributed by atoms with Crippen LogP contribution in [0.2, 0.25) is 5.15 Å². The zero-order valence-corrected chi connectivity index (χ0v) is 13.7. The summed E-state index contributed by atoms with van der Waals surface area (Å²) in [4.78, 5) is 38.0. The minimum Gasteiger partial charge on any atom is -0.449 e. The van der Waals surface area contributed by atoms with Crippen LogP contribution >= 0.6 is 11.6 Å². The van der Waals surface area contributed by atoms with Crippen molar-refractivity contribution in [3.63, 3.8) is 0 Å². The van der Waals surface area contributed by atoms with Gasteiger partial charge in [-0.1, -0.05) is 11.6 Å². The maximum atomic E-state index is 12.1. The van der Waals surface area contributed by atoms with Crippen LogP contribution in [0, 0.1) is 10.1 Å². The standard InChI is InChI=1S/C15H13ClN4O5/c1-8(14(21)19-12-3-2-6-18-13(12)16)25-15(22)10-5-4-9(20(23)24)7-11(10)17/h2-8H,17H2,1H3,(H,19,21). The number of amides is 1. The molecular weight excluding hydrogens is 352 g/mol. The fraction of sp³-hybridized carbons (Fsp3) is 0.133. The van der Waals surface area contributed by atoms with Crippen LogP contribution in [0.25, 0.3) is 0 Å². The van der Waals surface area contributed by atoms with Gasteiger partial charge in [0, 0.05) is 18.3 Å². The molecule has 10 heteroatoms. The van der Waals surface area contributed by atoms with Crippen molar-refractivity contribution < 1.29 is 19.2 Å². The first-order valence-corrected chi connectivity index (χ1v) is 7.33. The number of rotatable bonds is 5. The van der Waals surface area contributed by atoms with E-state index in [0.717, 1.165) is 12.1 Å². The second-order valence-electron chi connectivity index (χ2n) is 4.91. The van der Waals surface area contributed by atoms with Crippen molar-refractivity contribution in [2.75, 3.05) is 11.1 Å². The van der Waals surface area contributed by atoms with Crippen LogP contribution in [0.1, 0.15) is 17.3 Å². The van der Waals surface area contributed by atoms with Crippen molar-refractivity contribution in [1.29, 1.82) is 0 Å². The lowest BCUT2D eigenvalue weighted by Crippen LogP contribution is -2.30. The Balaban J connectivity index is 2.06. The average Bonchev–Trinajstić information content (AvgIpc) is 2.56. The third-order valence-electron chi connectivity index (χ3n) is 3.14. The summed E-state index contributed by atoms with van der Waals surface area (Å²) in [6, 6.07) is 6.44. The maximum absolute atomic E-state index is 12.1. The Bertz CT molecular complexity index is 842. The molecule has 25 heavy (non-hydrogen) atoms. The molecule has 0 aliphatic rings. The van der Waals surface area contributed by atoms with Crippen molar-refractivity contribution in [1.82, 2.24) is 4.98 Å². The van der Waals surface area contributed by atoms with E-state index in [4.69, 9.17) is 22.1 Å². The third kappa shape index (κ3) is 4.42. The number of benzene rings is 1. The van der Waals surface area contributed by atoms with Gasteiger partial charge in [0.25, 0.3) is 11.6 Å². The van der Waals surface area contributed by atoms with E-state index in [1.807, 2.05) is 0 Å². The molecule has 1 atom stereocenters. The molecule has 0 radical (unpaired) electrons. The van der Waals surface area contributed by atoms with Crippen LogP contribution < -0.4 is 11.1 Å². The van der Waals surface area contributed by atoms with Gasteiger partial charge in [-0.15, -0.1) is 0 Å². The van der Waals surface area contributed by atoms with Crippen LogP contribution in [0.15, 0.2) is 36.5 Å². The highest BCUT2D eigenvalue weighted by atomic mass is 35.5. The molecule has 3 N–H and O–H groups in total. The highest BCUT2D eigenvalue weighted by Gasteiger charge is 2.22. The molecule has 0 bridgehead atoms. The molecule has 1 heterocycles. The van der Waals surface area contributed by atoms with E-state index in [0.29, 0.717) is 0 Å². The molecule has 1 unspecified atom stereocenters. The number of halogens is 1. The zero-order valence-electron chi connectivity index (χ0n) is 12.9. The van der Waals surface area contributed by atoms with Crippen LogP contribution in [-0.4, -0.2) is 27.9 Å². The number of nitrogens with two attached hydrogens (primary N) is 1. The van der Waals surface area contributed by atoms with Gasteiger partial charge in [0.05, 0.1) is 21.9 Å². The van der Waals surface area contributed by atoms with Crippen LogP contribution in [0.4, 0.5) is 17.1 Å². The predicted octanol–water partition coefficient (Wildman–Crippen LogP) is 2.41. The van der Waals surface area contributed by atoms with Gasteiger partial charge in [-0.25, -0.2) is 9.78 Å². The number of ether oxygens (including phenoxy) is 1. The second-order valence-corrected chi connectivity index (χ2v) is 5.27. The van der Waals surface area contributed by atoms with E-state index in [-0.39, 0.29) is 27.8 Å². The molecule has 2 rings (SSSR count). The number of carbonyl (C=O) groups excluding carboxylic acids is 2. The predicted molar refractivity (Wildman–Crippen MR) is 90.3 cm³/mol. The van der Waals surface area contributed by atoms with Gasteiger partial charge in [-0.05, 0) is 25.1 Å². The maximum Gasteiger partial charge on any atom is 0.341 e. The summed E-state index contributed by atoms with van der Waals surface area (Å²) in [5.41, 5.74) is 5.43. The quantitative estimate of drug-likeness (QED) is 0.273. The number of pyridine rings is 1. The van der Waals surface area contributed by atoms with E-state index >= 15 is 0 Å². The third-order valence-corrected chi connectivity index (χ3v) is 3.44. The Morgan fingerprint density at radius 1 is 1.40 bits per heavy atom. The van der Waals surface area contributed by atoms with Gasteiger partial charge in [-0.3, -0.25) is 14.9 Å². The lowest BCUT2D eigenvalue weighted by Gasteiger charge is -2.14. The molecule has 1 amide bonds. The number of hydrogen-bond acceptors (Lipinski definition) is 7. The van der Waals surface area contributed by atoms with Crippen molar-refractivity contribution in [2.45, 2.75) is 13.0 Å². The molecular formula is C15H13ClN4O5. The van der Waals surface area contributed by atoms with Gasteiger partial charge in [-0.2, -0.15) is 0 Å². The summed E-state index contributed by atoms with van der Waals surface area (Å²) < 4.78 is 5.03. The average molecular weight is 365 g/mol. The number of nitrogens with one attached hydrogen (secondary N) is 1. The number of hydrogen-bond donors (Lipinski definition) is 2. The topological polar surface area (TPSA) is 137 Å². The smallest absolute Gasteiger partial charge is 0.341 e. The van der Waals surface area contributed by atoms with Crippen LogP contribution in [0.5, 0.6) is 0 Å². The minimum absolute atomic E-state index is 0.0790. The number of nitro benzene ring substituents is 1. The first kappa shape index (κ1) is 18.1. The molecule has 130 valence electrons. The van der Waals surface area contributed by atoms with E-state index in [2.05, 4.69) is 10.3 Å². The van der Waals surface area contributed by atoms with Crippen molar-refractivity contribution in [3.05, 3.63) is 57.4 Å². The summed E-state index contributed by atoms with van der Waals surface area (Å²) in [5, 5.41) is 13.2. The number of esters is 1. The van der Waals surface area contributed by atoms with Crippen molar-refractivity contribution in [3.8, 4) is 0 Å². The SMILES string of the molecule is CC(OC(=O)c1ccc([N+](=O)[O-])cc1N)C(=O)Nc1cccnc1Cl. The van der Waals surface area contributed by atoms with Gasteiger partial charge in [0.1, 0.15) is 0 Å². The fourth-order valence-electron chi connectivity index (χ4n) is 1.84. The number of nitro groups is 1. The molecule has 2 aromatic rings. The Kier molecular flexibility index (Phi) is 5.50. The Labute approximate surface area is 146 Å². The van der Waals surface area contributed by atoms with E-state index in [1.54, 1.807) is 6.07 Å². The van der Waals surface area contributed by atoms with Crippen LogP contribution in [-0.2, 0) is 9.53 Å². The summed E-state index contributed by atoms with van der Waals surface area (Å²) in [5.74, 6) is -1.50.